The van der Waals surface area contributed by atoms with E-state index in [1.165, 1.54) is 20.8 Å². The Morgan fingerprint density at radius 3 is 2.17 bits per heavy atom. The molecule has 2 heterocycles. The number of ether oxygens (including phenoxy) is 4. The SMILES string of the molecule is CC(=O)N[C@@H]1[C@@H](O)[C@@H](O[C@@H]2[C@@H](O)[C@H](C)O[C@@H](O[C@@H](C=O)CO)[C@@H]2O)O[C@H](C)[C@H]1O. The van der Waals surface area contributed by atoms with E-state index in [-0.39, 0.29) is 0 Å². The molecule has 0 bridgehead atoms. The number of hydrogen-bond acceptors (Lipinski definition) is 11. The highest BCUT2D eigenvalue weighted by atomic mass is 16.7. The van der Waals surface area contributed by atoms with Crippen LogP contribution in [0.5, 0.6) is 0 Å². The first-order valence-corrected chi connectivity index (χ1v) is 9.28. The van der Waals surface area contributed by atoms with Crippen LogP contribution in [-0.2, 0) is 28.5 Å². The summed E-state index contributed by atoms with van der Waals surface area (Å²) in [5, 5.41) is 53.1. The van der Waals surface area contributed by atoms with Gasteiger partial charge in [0.2, 0.25) is 5.91 Å². The molecule has 2 rings (SSSR count). The first kappa shape index (κ1) is 24.1. The first-order chi connectivity index (χ1) is 13.6. The maximum Gasteiger partial charge on any atom is 0.217 e. The molecule has 0 unspecified atom stereocenters. The van der Waals surface area contributed by atoms with E-state index >= 15 is 0 Å². The lowest BCUT2D eigenvalue weighted by atomic mass is 9.95. The van der Waals surface area contributed by atoms with Gasteiger partial charge < -0.3 is 54.6 Å². The van der Waals surface area contributed by atoms with E-state index in [4.69, 9.17) is 24.1 Å². The summed E-state index contributed by atoms with van der Waals surface area (Å²) in [6.45, 7) is 3.55. The Balaban J connectivity index is 2.16. The molecule has 0 aliphatic carbocycles. The van der Waals surface area contributed by atoms with Crippen molar-refractivity contribution in [1.29, 1.82) is 0 Å². The molecule has 0 aromatic carbocycles. The molecule has 12 heteroatoms. The maximum absolute atomic E-state index is 11.4. The van der Waals surface area contributed by atoms with Crippen molar-refractivity contribution in [1.82, 2.24) is 5.32 Å². The van der Waals surface area contributed by atoms with Gasteiger partial charge in [-0.2, -0.15) is 0 Å². The predicted octanol–water partition coefficient (Wildman–Crippen LogP) is -3.61. The number of nitrogens with one attached hydrogen (secondary N) is 1. The second kappa shape index (κ2) is 10.2. The van der Waals surface area contributed by atoms with Crippen LogP contribution in [0.1, 0.15) is 20.8 Å². The lowest BCUT2D eigenvalue weighted by molar-refractivity contribution is -0.349. The summed E-state index contributed by atoms with van der Waals surface area (Å²) < 4.78 is 21.6. The van der Waals surface area contributed by atoms with Crippen molar-refractivity contribution in [3.63, 3.8) is 0 Å². The van der Waals surface area contributed by atoms with Gasteiger partial charge in [0.05, 0.1) is 24.9 Å². The Hall–Kier alpha value is -1.22. The second-order valence-electron chi connectivity index (χ2n) is 7.20. The summed E-state index contributed by atoms with van der Waals surface area (Å²) in [7, 11) is 0. The molecule has 12 nitrogen and oxygen atoms in total. The lowest BCUT2D eigenvalue weighted by Crippen LogP contribution is -2.66. The number of rotatable bonds is 7. The fourth-order valence-electron chi connectivity index (χ4n) is 3.27. The predicted molar refractivity (Wildman–Crippen MR) is 93.2 cm³/mol. The summed E-state index contributed by atoms with van der Waals surface area (Å²) >= 11 is 0. The molecular formula is C17H29NO11. The van der Waals surface area contributed by atoms with Gasteiger partial charge in [-0.15, -0.1) is 0 Å². The summed E-state index contributed by atoms with van der Waals surface area (Å²) in [4.78, 5) is 22.3. The third-order valence-electron chi connectivity index (χ3n) is 4.93. The van der Waals surface area contributed by atoms with Crippen LogP contribution in [0.15, 0.2) is 0 Å². The third kappa shape index (κ3) is 5.48. The minimum absolute atomic E-state index is 0.330. The molecule has 6 N–H and O–H groups in total. The molecule has 29 heavy (non-hydrogen) atoms. The van der Waals surface area contributed by atoms with Crippen molar-refractivity contribution < 1.29 is 54.1 Å². The van der Waals surface area contributed by atoms with E-state index in [9.17, 15) is 30.0 Å². The molecule has 0 radical (unpaired) electrons. The quantitative estimate of drug-likeness (QED) is 0.222. The molecule has 11 atom stereocenters. The molecule has 0 aromatic rings. The number of hydrogen-bond donors (Lipinski definition) is 6. The van der Waals surface area contributed by atoms with Crippen molar-refractivity contribution in [2.45, 2.75) is 88.2 Å². The van der Waals surface area contributed by atoms with Gasteiger partial charge in [0.1, 0.15) is 36.6 Å². The average molecular weight is 423 g/mol. The number of aliphatic hydroxyl groups is 5. The number of aldehydes is 1. The zero-order chi connectivity index (χ0) is 21.9. The van der Waals surface area contributed by atoms with Gasteiger partial charge in [0.15, 0.2) is 18.9 Å². The van der Waals surface area contributed by atoms with Crippen LogP contribution in [0.4, 0.5) is 0 Å². The highest BCUT2D eigenvalue weighted by molar-refractivity contribution is 5.73. The number of carbonyl (C=O) groups excluding carboxylic acids is 2. The smallest absolute Gasteiger partial charge is 0.217 e. The van der Waals surface area contributed by atoms with Gasteiger partial charge in [0, 0.05) is 6.92 Å². The average Bonchev–Trinajstić information content (AvgIpc) is 2.67. The van der Waals surface area contributed by atoms with Crippen LogP contribution in [0.25, 0.3) is 0 Å². The molecule has 2 fully saturated rings. The van der Waals surface area contributed by atoms with Crippen LogP contribution in [-0.4, -0.2) is 112 Å². The number of aliphatic hydroxyl groups excluding tert-OH is 5. The summed E-state index contributed by atoms with van der Waals surface area (Å²) in [6.07, 6.45) is -12.5. The summed E-state index contributed by atoms with van der Waals surface area (Å²) in [5.41, 5.74) is 0. The van der Waals surface area contributed by atoms with Crippen LogP contribution in [0.2, 0.25) is 0 Å². The van der Waals surface area contributed by atoms with E-state index in [0.717, 1.165) is 0 Å². The van der Waals surface area contributed by atoms with Crippen LogP contribution < -0.4 is 5.32 Å². The van der Waals surface area contributed by atoms with Crippen molar-refractivity contribution in [2.24, 2.45) is 0 Å². The van der Waals surface area contributed by atoms with E-state index in [1.807, 2.05) is 0 Å². The standard InChI is InChI=1S/C17H29NO11/c1-6-11(22)10(18-8(3)21)13(24)16(26-6)29-15-12(23)7(2)27-17(14(15)25)28-9(4-19)5-20/h4,6-7,9-17,20,22-25H,5H2,1-3H3,(H,18,21)/t6-,7+,9+,10+,11-,12+,13-,14-,15-,16-,17+/m1/s1. The maximum atomic E-state index is 11.4. The third-order valence-corrected chi connectivity index (χ3v) is 4.93. The molecule has 0 spiro atoms. The van der Waals surface area contributed by atoms with Crippen molar-refractivity contribution >= 4 is 12.2 Å². The van der Waals surface area contributed by atoms with Gasteiger partial charge in [-0.25, -0.2) is 0 Å². The largest absolute Gasteiger partial charge is 0.393 e. The van der Waals surface area contributed by atoms with Gasteiger partial charge in [-0.3, -0.25) is 4.79 Å². The fourth-order valence-corrected chi connectivity index (χ4v) is 3.27. The van der Waals surface area contributed by atoms with Gasteiger partial charge in [-0.05, 0) is 13.8 Å². The Bertz CT molecular complexity index is 563. The molecule has 2 aliphatic heterocycles. The monoisotopic (exact) mass is 423 g/mol. The van der Waals surface area contributed by atoms with Gasteiger partial charge >= 0.3 is 0 Å². The van der Waals surface area contributed by atoms with Crippen LogP contribution in [0, 0.1) is 0 Å². The van der Waals surface area contributed by atoms with Gasteiger partial charge in [-0.1, -0.05) is 0 Å². The number of carbonyl (C=O) groups is 2. The van der Waals surface area contributed by atoms with E-state index in [2.05, 4.69) is 5.32 Å². The molecule has 168 valence electrons. The highest BCUT2D eigenvalue weighted by Gasteiger charge is 2.50. The Morgan fingerprint density at radius 1 is 1.03 bits per heavy atom. The molecule has 0 aromatic heterocycles. The molecule has 1 amide bonds. The van der Waals surface area contributed by atoms with E-state index in [1.54, 1.807) is 0 Å². The molecular weight excluding hydrogens is 394 g/mol. The minimum Gasteiger partial charge on any atom is -0.393 e. The van der Waals surface area contributed by atoms with Crippen LogP contribution >= 0.6 is 0 Å². The normalized spacial score (nSPS) is 44.1. The lowest BCUT2D eigenvalue weighted by Gasteiger charge is -2.46. The second-order valence-corrected chi connectivity index (χ2v) is 7.20. The van der Waals surface area contributed by atoms with E-state index in [0.29, 0.717) is 6.29 Å². The number of amides is 1. The topological polar surface area (TPSA) is 184 Å². The Kier molecular flexibility index (Phi) is 8.46. The Labute approximate surface area is 167 Å². The minimum atomic E-state index is -1.60. The molecule has 2 aliphatic rings. The van der Waals surface area contributed by atoms with Crippen LogP contribution in [0.3, 0.4) is 0 Å². The van der Waals surface area contributed by atoms with Gasteiger partial charge in [0.25, 0.3) is 0 Å². The molecule has 2 saturated heterocycles. The van der Waals surface area contributed by atoms with E-state index < -0.39 is 80.0 Å². The first-order valence-electron chi connectivity index (χ1n) is 9.28. The van der Waals surface area contributed by atoms with Crippen molar-refractivity contribution in [3.05, 3.63) is 0 Å². The summed E-state index contributed by atoms with van der Waals surface area (Å²) in [6, 6.07) is -1.10. The van der Waals surface area contributed by atoms with Crippen molar-refractivity contribution in [3.8, 4) is 0 Å². The zero-order valence-corrected chi connectivity index (χ0v) is 16.3. The highest BCUT2D eigenvalue weighted by Crippen LogP contribution is 2.29. The summed E-state index contributed by atoms with van der Waals surface area (Å²) in [5.74, 6) is -0.488. The zero-order valence-electron chi connectivity index (χ0n) is 16.3. The Morgan fingerprint density at radius 2 is 1.62 bits per heavy atom. The van der Waals surface area contributed by atoms with Crippen molar-refractivity contribution in [2.75, 3.05) is 6.61 Å². The molecule has 0 saturated carbocycles. The fraction of sp³-hybridized carbons (Fsp3) is 0.882.